The molecular weight excluding hydrogens is 196 g/mol. The number of rotatable bonds is 8. The summed E-state index contributed by atoms with van der Waals surface area (Å²) in [5.41, 5.74) is 0. The maximum atomic E-state index is 3.73. The second-order valence-electron chi connectivity index (χ2n) is 4.79. The van der Waals surface area contributed by atoms with Crippen molar-refractivity contribution in [2.75, 3.05) is 26.2 Å². The van der Waals surface area contributed by atoms with Gasteiger partial charge in [-0.2, -0.15) is 0 Å². The predicted octanol–water partition coefficient (Wildman–Crippen LogP) is 2.34. The van der Waals surface area contributed by atoms with Gasteiger partial charge in [0, 0.05) is 13.1 Å². The molecule has 2 atom stereocenters. The lowest BCUT2D eigenvalue weighted by Crippen LogP contribution is -2.31. The van der Waals surface area contributed by atoms with E-state index >= 15 is 0 Å². The van der Waals surface area contributed by atoms with E-state index in [-0.39, 0.29) is 0 Å². The lowest BCUT2D eigenvalue weighted by molar-refractivity contribution is 0.256. The molecule has 0 radical (unpaired) electrons. The Morgan fingerprint density at radius 2 is 1.44 bits per heavy atom. The van der Waals surface area contributed by atoms with Crippen LogP contribution in [-0.4, -0.2) is 26.2 Å². The van der Waals surface area contributed by atoms with Crippen LogP contribution in [-0.2, 0) is 0 Å². The number of hydrogen-bond acceptors (Lipinski definition) is 2. The summed E-state index contributed by atoms with van der Waals surface area (Å²) in [6.07, 6.45) is 9.41. The molecule has 0 spiro atoms. The van der Waals surface area contributed by atoms with Gasteiger partial charge in [0.25, 0.3) is 0 Å². The fourth-order valence-electron chi connectivity index (χ4n) is 2.55. The molecule has 2 nitrogen and oxygen atoms in total. The van der Waals surface area contributed by atoms with E-state index in [4.69, 9.17) is 0 Å². The van der Waals surface area contributed by atoms with Gasteiger partial charge in [-0.05, 0) is 44.2 Å². The van der Waals surface area contributed by atoms with Crippen molar-refractivity contribution in [1.82, 2.24) is 10.6 Å². The Bertz CT molecular complexity index is 181. The minimum absolute atomic E-state index is 0.865. The van der Waals surface area contributed by atoms with Gasteiger partial charge in [0.15, 0.2) is 0 Å². The fraction of sp³-hybridized carbons (Fsp3) is 0.714. The van der Waals surface area contributed by atoms with Gasteiger partial charge in [-0.15, -0.1) is 13.2 Å². The molecule has 0 saturated heterocycles. The van der Waals surface area contributed by atoms with Gasteiger partial charge >= 0.3 is 0 Å². The summed E-state index contributed by atoms with van der Waals surface area (Å²) >= 11 is 0. The van der Waals surface area contributed by atoms with Crippen molar-refractivity contribution in [1.29, 1.82) is 0 Å². The quantitative estimate of drug-likeness (QED) is 0.486. The zero-order valence-electron chi connectivity index (χ0n) is 10.4. The molecule has 0 aromatic carbocycles. The van der Waals surface area contributed by atoms with Crippen LogP contribution in [0.3, 0.4) is 0 Å². The van der Waals surface area contributed by atoms with Crippen LogP contribution in [0.4, 0.5) is 0 Å². The molecule has 0 amide bonds. The Hall–Kier alpha value is -0.600. The van der Waals surface area contributed by atoms with E-state index in [0.29, 0.717) is 0 Å². The normalized spacial score (nSPS) is 25.2. The highest BCUT2D eigenvalue weighted by Gasteiger charge is 2.20. The van der Waals surface area contributed by atoms with Crippen LogP contribution in [0.15, 0.2) is 25.3 Å². The van der Waals surface area contributed by atoms with E-state index in [2.05, 4.69) is 23.8 Å². The summed E-state index contributed by atoms with van der Waals surface area (Å²) in [7, 11) is 0. The maximum absolute atomic E-state index is 3.73. The smallest absolute Gasteiger partial charge is 0.0132 e. The highest BCUT2D eigenvalue weighted by atomic mass is 14.9. The third-order valence-corrected chi connectivity index (χ3v) is 3.33. The van der Waals surface area contributed by atoms with Crippen molar-refractivity contribution in [2.24, 2.45) is 11.8 Å². The van der Waals surface area contributed by atoms with Crippen molar-refractivity contribution < 1.29 is 0 Å². The average Bonchev–Trinajstić information content (AvgIpc) is 2.30. The van der Waals surface area contributed by atoms with Crippen LogP contribution >= 0.6 is 0 Å². The van der Waals surface area contributed by atoms with E-state index in [9.17, 15) is 0 Å². The molecule has 0 heterocycles. The van der Waals surface area contributed by atoms with E-state index in [0.717, 1.165) is 38.0 Å². The third-order valence-electron chi connectivity index (χ3n) is 3.33. The molecule has 1 fully saturated rings. The maximum Gasteiger partial charge on any atom is 0.0132 e. The molecule has 92 valence electrons. The zero-order chi connectivity index (χ0) is 11.6. The first-order chi connectivity index (χ1) is 7.86. The summed E-state index contributed by atoms with van der Waals surface area (Å²) in [5, 5.41) is 6.88. The molecule has 0 aromatic rings. The molecule has 0 aliphatic heterocycles. The lowest BCUT2D eigenvalue weighted by atomic mass is 9.81. The molecule has 2 unspecified atom stereocenters. The minimum atomic E-state index is 0.865. The number of nitrogens with one attached hydrogen (secondary N) is 2. The molecule has 1 saturated carbocycles. The Kier molecular flexibility index (Phi) is 7.19. The van der Waals surface area contributed by atoms with Gasteiger partial charge in [0.05, 0.1) is 0 Å². The van der Waals surface area contributed by atoms with Crippen molar-refractivity contribution in [3.63, 3.8) is 0 Å². The largest absolute Gasteiger partial charge is 0.313 e. The van der Waals surface area contributed by atoms with Gasteiger partial charge in [-0.3, -0.25) is 0 Å². The molecule has 2 heteroatoms. The number of hydrogen-bond donors (Lipinski definition) is 2. The monoisotopic (exact) mass is 222 g/mol. The van der Waals surface area contributed by atoms with Crippen LogP contribution in [0, 0.1) is 11.8 Å². The lowest BCUT2D eigenvalue weighted by Gasteiger charge is -2.29. The molecule has 1 rings (SSSR count). The first-order valence-electron chi connectivity index (χ1n) is 6.50. The Labute approximate surface area is 100 Å². The first kappa shape index (κ1) is 13.5. The minimum Gasteiger partial charge on any atom is -0.313 e. The fourth-order valence-corrected chi connectivity index (χ4v) is 2.55. The first-order valence-corrected chi connectivity index (χ1v) is 6.50. The second kappa shape index (κ2) is 8.54. The molecule has 1 aliphatic carbocycles. The highest BCUT2D eigenvalue weighted by Crippen LogP contribution is 2.28. The summed E-state index contributed by atoms with van der Waals surface area (Å²) in [4.78, 5) is 0. The third kappa shape index (κ3) is 5.47. The van der Waals surface area contributed by atoms with Gasteiger partial charge in [0.1, 0.15) is 0 Å². The van der Waals surface area contributed by atoms with Crippen molar-refractivity contribution in [2.45, 2.75) is 25.7 Å². The van der Waals surface area contributed by atoms with Crippen LogP contribution < -0.4 is 10.6 Å². The van der Waals surface area contributed by atoms with Crippen LogP contribution in [0.1, 0.15) is 25.7 Å². The van der Waals surface area contributed by atoms with Gasteiger partial charge in [-0.1, -0.05) is 18.6 Å². The van der Waals surface area contributed by atoms with Gasteiger partial charge < -0.3 is 10.6 Å². The van der Waals surface area contributed by atoms with E-state index in [1.54, 1.807) is 0 Å². The van der Waals surface area contributed by atoms with E-state index < -0.39 is 0 Å². The zero-order valence-corrected chi connectivity index (χ0v) is 10.4. The summed E-state index contributed by atoms with van der Waals surface area (Å²) in [6, 6.07) is 0. The molecule has 2 N–H and O–H groups in total. The molecule has 16 heavy (non-hydrogen) atoms. The SMILES string of the molecule is C=CCNCC1CCCC(CNCC=C)C1. The van der Waals surface area contributed by atoms with Gasteiger partial charge in [-0.25, -0.2) is 0 Å². The molecule has 1 aliphatic rings. The topological polar surface area (TPSA) is 24.1 Å². The Morgan fingerprint density at radius 1 is 0.938 bits per heavy atom. The summed E-state index contributed by atoms with van der Waals surface area (Å²) in [6.45, 7) is 11.6. The van der Waals surface area contributed by atoms with Crippen LogP contribution in [0.5, 0.6) is 0 Å². The highest BCUT2D eigenvalue weighted by molar-refractivity contribution is 4.79. The predicted molar refractivity (Wildman–Crippen MR) is 71.6 cm³/mol. The average molecular weight is 222 g/mol. The van der Waals surface area contributed by atoms with Crippen molar-refractivity contribution >= 4 is 0 Å². The second-order valence-corrected chi connectivity index (χ2v) is 4.79. The van der Waals surface area contributed by atoms with E-state index in [1.807, 2.05) is 12.2 Å². The van der Waals surface area contributed by atoms with Crippen LogP contribution in [0.2, 0.25) is 0 Å². The molecule has 0 aromatic heterocycles. The Balaban J connectivity index is 2.13. The standard InChI is InChI=1S/C14H26N2/c1-3-8-15-11-13-6-5-7-14(10-13)12-16-9-4-2/h3-4,13-16H,1-2,5-12H2. The summed E-state index contributed by atoms with van der Waals surface area (Å²) in [5.74, 6) is 1.73. The molecule has 0 bridgehead atoms. The molecular formula is C14H26N2. The van der Waals surface area contributed by atoms with Crippen molar-refractivity contribution in [3.8, 4) is 0 Å². The van der Waals surface area contributed by atoms with Crippen LogP contribution in [0.25, 0.3) is 0 Å². The van der Waals surface area contributed by atoms with Gasteiger partial charge in [0.2, 0.25) is 0 Å². The van der Waals surface area contributed by atoms with E-state index in [1.165, 1.54) is 25.7 Å². The van der Waals surface area contributed by atoms with Crippen molar-refractivity contribution in [3.05, 3.63) is 25.3 Å². The summed E-state index contributed by atoms with van der Waals surface area (Å²) < 4.78 is 0. The Morgan fingerprint density at radius 3 is 1.88 bits per heavy atom.